The second kappa shape index (κ2) is 4.48. The fraction of sp³-hybridized carbons (Fsp3) is 0.0909. The molecule has 0 unspecified atom stereocenters. The molecule has 0 radical (unpaired) electrons. The molecule has 0 spiro atoms. The van der Waals surface area contributed by atoms with Crippen molar-refractivity contribution in [1.82, 2.24) is 9.78 Å². The minimum atomic E-state index is -0.496. The first-order valence-electron chi connectivity index (χ1n) is 4.77. The smallest absolute Gasteiger partial charge is 0.255 e. The molecule has 2 aromatic rings. The molecule has 0 saturated heterocycles. The molecule has 1 aromatic heterocycles. The maximum Gasteiger partial charge on any atom is 0.255 e. The van der Waals surface area contributed by atoms with Gasteiger partial charge in [-0.05, 0) is 18.2 Å². The molecular weight excluding hydrogens is 206 g/mol. The molecule has 0 bridgehead atoms. The third-order valence-corrected chi connectivity index (χ3v) is 1.97. The maximum absolute atomic E-state index is 10.6. The van der Waals surface area contributed by atoms with Gasteiger partial charge < -0.3 is 10.5 Å². The fourth-order valence-corrected chi connectivity index (χ4v) is 1.29. The summed E-state index contributed by atoms with van der Waals surface area (Å²) in [6.45, 7) is -0.122. The molecule has 5 heteroatoms. The van der Waals surface area contributed by atoms with Crippen molar-refractivity contribution in [3.8, 4) is 11.4 Å². The quantitative estimate of drug-likeness (QED) is 0.821. The molecular formula is C11H11N3O2. The number of carbonyl (C=O) groups excluding carboxylic acids is 1. The molecule has 0 aliphatic heterocycles. The van der Waals surface area contributed by atoms with Crippen LogP contribution in [0.2, 0.25) is 0 Å². The zero-order chi connectivity index (χ0) is 11.4. The maximum atomic E-state index is 10.6. The third-order valence-electron chi connectivity index (χ3n) is 1.97. The van der Waals surface area contributed by atoms with Gasteiger partial charge in [0, 0.05) is 18.5 Å². The second-order valence-corrected chi connectivity index (χ2v) is 3.20. The van der Waals surface area contributed by atoms with E-state index in [1.54, 1.807) is 23.0 Å². The first-order chi connectivity index (χ1) is 7.75. The topological polar surface area (TPSA) is 70.1 Å². The predicted molar refractivity (Wildman–Crippen MR) is 58.3 cm³/mol. The van der Waals surface area contributed by atoms with Gasteiger partial charge in [-0.1, -0.05) is 6.07 Å². The van der Waals surface area contributed by atoms with Crippen molar-refractivity contribution in [1.29, 1.82) is 0 Å². The third kappa shape index (κ3) is 2.38. The van der Waals surface area contributed by atoms with Crippen LogP contribution < -0.4 is 10.5 Å². The highest BCUT2D eigenvalue weighted by Gasteiger charge is 2.00. The van der Waals surface area contributed by atoms with Crippen molar-refractivity contribution in [3.05, 3.63) is 42.7 Å². The Morgan fingerprint density at radius 1 is 1.44 bits per heavy atom. The lowest BCUT2D eigenvalue weighted by atomic mass is 10.3. The van der Waals surface area contributed by atoms with Gasteiger partial charge in [0.25, 0.3) is 5.91 Å². The minimum absolute atomic E-state index is 0.122. The molecule has 2 N–H and O–H groups in total. The molecule has 82 valence electrons. The average Bonchev–Trinajstić information content (AvgIpc) is 2.80. The van der Waals surface area contributed by atoms with E-state index in [1.165, 1.54) is 0 Å². The number of amides is 1. The average molecular weight is 217 g/mol. The predicted octanol–water partition coefficient (Wildman–Crippen LogP) is 0.736. The Labute approximate surface area is 92.4 Å². The Kier molecular flexibility index (Phi) is 2.86. The summed E-state index contributed by atoms with van der Waals surface area (Å²) in [4.78, 5) is 10.6. The number of benzene rings is 1. The molecule has 0 saturated carbocycles. The fourth-order valence-electron chi connectivity index (χ4n) is 1.29. The van der Waals surface area contributed by atoms with Gasteiger partial charge in [0.2, 0.25) is 0 Å². The summed E-state index contributed by atoms with van der Waals surface area (Å²) in [6, 6.07) is 9.10. The van der Waals surface area contributed by atoms with E-state index in [4.69, 9.17) is 10.5 Å². The zero-order valence-electron chi connectivity index (χ0n) is 8.54. The van der Waals surface area contributed by atoms with E-state index in [1.807, 2.05) is 24.4 Å². The van der Waals surface area contributed by atoms with Crippen molar-refractivity contribution < 1.29 is 9.53 Å². The number of carbonyl (C=O) groups is 1. The number of nitrogens with zero attached hydrogens (tertiary/aromatic N) is 2. The summed E-state index contributed by atoms with van der Waals surface area (Å²) in [5.41, 5.74) is 5.86. The monoisotopic (exact) mass is 217 g/mol. The van der Waals surface area contributed by atoms with E-state index in [2.05, 4.69) is 5.10 Å². The lowest BCUT2D eigenvalue weighted by Gasteiger charge is -2.06. The van der Waals surface area contributed by atoms with Crippen LogP contribution in [0.15, 0.2) is 42.7 Å². The SMILES string of the molecule is NC(=O)COc1cccc(-n2cccn2)c1. The highest BCUT2D eigenvalue weighted by Crippen LogP contribution is 2.15. The standard InChI is InChI=1S/C11H11N3O2/c12-11(15)8-16-10-4-1-3-9(7-10)14-6-2-5-13-14/h1-7H,8H2,(H2,12,15). The number of hydrogen-bond donors (Lipinski definition) is 1. The molecule has 2 rings (SSSR count). The van der Waals surface area contributed by atoms with Gasteiger partial charge in [0.15, 0.2) is 6.61 Å². The van der Waals surface area contributed by atoms with E-state index in [-0.39, 0.29) is 6.61 Å². The van der Waals surface area contributed by atoms with Crippen molar-refractivity contribution in [2.24, 2.45) is 5.73 Å². The number of rotatable bonds is 4. The normalized spacial score (nSPS) is 10.0. The molecule has 1 amide bonds. The molecule has 0 atom stereocenters. The number of ether oxygens (including phenoxy) is 1. The summed E-state index contributed by atoms with van der Waals surface area (Å²) in [5.74, 6) is 0.0938. The number of nitrogens with two attached hydrogens (primary N) is 1. The zero-order valence-corrected chi connectivity index (χ0v) is 8.54. The molecule has 5 nitrogen and oxygen atoms in total. The van der Waals surface area contributed by atoms with Gasteiger partial charge in [-0.15, -0.1) is 0 Å². The van der Waals surface area contributed by atoms with E-state index in [9.17, 15) is 4.79 Å². The summed E-state index contributed by atoms with van der Waals surface area (Å²) < 4.78 is 6.90. The Bertz CT molecular complexity index is 480. The largest absolute Gasteiger partial charge is 0.484 e. The highest BCUT2D eigenvalue weighted by molar-refractivity contribution is 5.75. The van der Waals surface area contributed by atoms with Crippen LogP contribution in [0.5, 0.6) is 5.75 Å². The molecule has 0 aliphatic carbocycles. The van der Waals surface area contributed by atoms with Crippen LogP contribution in [0.3, 0.4) is 0 Å². The van der Waals surface area contributed by atoms with Gasteiger partial charge in [-0.25, -0.2) is 4.68 Å². The van der Waals surface area contributed by atoms with Crippen LogP contribution in [-0.2, 0) is 4.79 Å². The van der Waals surface area contributed by atoms with E-state index < -0.39 is 5.91 Å². The Balaban J connectivity index is 2.17. The van der Waals surface area contributed by atoms with E-state index in [0.717, 1.165) is 5.69 Å². The van der Waals surface area contributed by atoms with Crippen LogP contribution in [-0.4, -0.2) is 22.3 Å². The van der Waals surface area contributed by atoms with Crippen LogP contribution >= 0.6 is 0 Å². The van der Waals surface area contributed by atoms with Crippen LogP contribution in [0.1, 0.15) is 0 Å². The summed E-state index contributed by atoms with van der Waals surface area (Å²) in [7, 11) is 0. The van der Waals surface area contributed by atoms with E-state index >= 15 is 0 Å². The number of hydrogen-bond acceptors (Lipinski definition) is 3. The first kappa shape index (κ1) is 10.2. The lowest BCUT2D eigenvalue weighted by Crippen LogP contribution is -2.20. The number of primary amides is 1. The molecule has 0 aliphatic rings. The van der Waals surface area contributed by atoms with Crippen molar-refractivity contribution >= 4 is 5.91 Å². The molecule has 0 fully saturated rings. The minimum Gasteiger partial charge on any atom is -0.484 e. The summed E-state index contributed by atoms with van der Waals surface area (Å²) in [6.07, 6.45) is 3.52. The van der Waals surface area contributed by atoms with Gasteiger partial charge in [-0.3, -0.25) is 4.79 Å². The van der Waals surface area contributed by atoms with Gasteiger partial charge in [0.1, 0.15) is 5.75 Å². The Morgan fingerprint density at radius 2 is 2.31 bits per heavy atom. The van der Waals surface area contributed by atoms with Gasteiger partial charge in [0.05, 0.1) is 5.69 Å². The van der Waals surface area contributed by atoms with Gasteiger partial charge >= 0.3 is 0 Å². The van der Waals surface area contributed by atoms with E-state index in [0.29, 0.717) is 5.75 Å². The summed E-state index contributed by atoms with van der Waals surface area (Å²) >= 11 is 0. The molecule has 16 heavy (non-hydrogen) atoms. The Hall–Kier alpha value is -2.30. The molecule has 1 aromatic carbocycles. The lowest BCUT2D eigenvalue weighted by molar-refractivity contribution is -0.119. The van der Waals surface area contributed by atoms with Crippen LogP contribution in [0.25, 0.3) is 5.69 Å². The van der Waals surface area contributed by atoms with Crippen LogP contribution in [0, 0.1) is 0 Å². The highest BCUT2D eigenvalue weighted by atomic mass is 16.5. The number of aromatic nitrogens is 2. The van der Waals surface area contributed by atoms with Crippen LogP contribution in [0.4, 0.5) is 0 Å². The van der Waals surface area contributed by atoms with Gasteiger partial charge in [-0.2, -0.15) is 5.10 Å². The first-order valence-corrected chi connectivity index (χ1v) is 4.77. The van der Waals surface area contributed by atoms with Crippen molar-refractivity contribution in [2.75, 3.05) is 6.61 Å². The van der Waals surface area contributed by atoms with Crippen molar-refractivity contribution in [3.63, 3.8) is 0 Å². The second-order valence-electron chi connectivity index (χ2n) is 3.20. The van der Waals surface area contributed by atoms with Crippen molar-refractivity contribution in [2.45, 2.75) is 0 Å². The summed E-state index contributed by atoms with van der Waals surface area (Å²) in [5, 5.41) is 4.09. The Morgan fingerprint density at radius 3 is 3.00 bits per heavy atom. The molecule has 1 heterocycles.